The maximum absolute atomic E-state index is 13.7. The fourth-order valence-corrected chi connectivity index (χ4v) is 4.36. The number of rotatable bonds is 4. The molecule has 1 aromatic carbocycles. The molecule has 2 aromatic rings. The van der Waals surface area contributed by atoms with Gasteiger partial charge < -0.3 is 4.90 Å². The summed E-state index contributed by atoms with van der Waals surface area (Å²) in [5, 5.41) is 0. The summed E-state index contributed by atoms with van der Waals surface area (Å²) in [5.74, 6) is 0.0585. The van der Waals surface area contributed by atoms with Crippen molar-refractivity contribution in [2.45, 2.75) is 43.7 Å². The molecule has 0 spiro atoms. The Morgan fingerprint density at radius 1 is 1.26 bits per heavy atom. The molecule has 2 aliphatic heterocycles. The Balaban J connectivity index is 1.53. The van der Waals surface area contributed by atoms with Gasteiger partial charge in [0, 0.05) is 43.5 Å². The van der Waals surface area contributed by atoms with E-state index in [1.54, 1.807) is 24.5 Å². The third kappa shape index (κ3) is 4.01. The first-order valence-electron chi connectivity index (χ1n) is 9.64. The molecule has 3 heterocycles. The van der Waals surface area contributed by atoms with Crippen molar-refractivity contribution in [2.24, 2.45) is 0 Å². The molecule has 2 saturated heterocycles. The number of hydrogen-bond acceptors (Lipinski definition) is 4. The number of benzene rings is 1. The molecule has 0 bridgehead atoms. The molecule has 0 radical (unpaired) electrons. The van der Waals surface area contributed by atoms with E-state index in [1.165, 1.54) is 6.07 Å². The van der Waals surface area contributed by atoms with E-state index < -0.39 is 0 Å². The van der Waals surface area contributed by atoms with E-state index in [0.29, 0.717) is 6.42 Å². The van der Waals surface area contributed by atoms with Crippen molar-refractivity contribution in [3.8, 4) is 0 Å². The van der Waals surface area contributed by atoms with Crippen LogP contribution >= 0.6 is 0 Å². The van der Waals surface area contributed by atoms with Crippen molar-refractivity contribution in [1.29, 1.82) is 0 Å². The molecule has 3 atom stereocenters. The van der Waals surface area contributed by atoms with Gasteiger partial charge in [0.25, 0.3) is 0 Å². The molecule has 2 fully saturated rings. The number of nitrogens with one attached hydrogen (secondary N) is 2. The molecule has 2 N–H and O–H groups in total. The van der Waals surface area contributed by atoms with E-state index in [2.05, 4.69) is 15.8 Å². The highest BCUT2D eigenvalue weighted by molar-refractivity contribution is 5.79. The number of aromatic nitrogens is 1. The second-order valence-corrected chi connectivity index (χ2v) is 7.40. The summed E-state index contributed by atoms with van der Waals surface area (Å²) in [6, 6.07) is 10.8. The molecule has 3 unspecified atom stereocenters. The summed E-state index contributed by atoms with van der Waals surface area (Å²) in [4.78, 5) is 19.2. The number of piperidine rings is 1. The van der Waals surface area contributed by atoms with Crippen LogP contribution in [-0.4, -0.2) is 41.0 Å². The van der Waals surface area contributed by atoms with Gasteiger partial charge in [0.1, 0.15) is 5.82 Å². The summed E-state index contributed by atoms with van der Waals surface area (Å²) >= 11 is 0. The first-order valence-corrected chi connectivity index (χ1v) is 9.64. The number of carbonyl (C=O) groups is 1. The first kappa shape index (κ1) is 18.1. The Morgan fingerprint density at radius 3 is 3.00 bits per heavy atom. The molecular weight excluding hydrogens is 343 g/mol. The van der Waals surface area contributed by atoms with Gasteiger partial charge in [-0.1, -0.05) is 18.2 Å². The van der Waals surface area contributed by atoms with E-state index in [1.807, 2.05) is 23.1 Å². The van der Waals surface area contributed by atoms with Crippen molar-refractivity contribution in [3.05, 3.63) is 65.7 Å². The van der Waals surface area contributed by atoms with Gasteiger partial charge in [-0.25, -0.2) is 4.39 Å². The van der Waals surface area contributed by atoms with Crippen LogP contribution in [0.1, 0.15) is 36.3 Å². The largest absolute Gasteiger partial charge is 0.338 e. The summed E-state index contributed by atoms with van der Waals surface area (Å²) < 4.78 is 13.7. The van der Waals surface area contributed by atoms with Crippen molar-refractivity contribution < 1.29 is 9.18 Å². The minimum Gasteiger partial charge on any atom is -0.338 e. The molecular formula is C21H25FN4O. The van der Waals surface area contributed by atoms with Crippen molar-refractivity contribution in [1.82, 2.24) is 20.7 Å². The number of likely N-dealkylation sites (tertiary alicyclic amines) is 1. The van der Waals surface area contributed by atoms with Crippen molar-refractivity contribution >= 4 is 5.91 Å². The highest BCUT2D eigenvalue weighted by Gasteiger charge is 2.40. The third-order valence-corrected chi connectivity index (χ3v) is 5.66. The first-order chi connectivity index (χ1) is 13.2. The van der Waals surface area contributed by atoms with E-state index in [0.717, 1.165) is 43.5 Å². The predicted molar refractivity (Wildman–Crippen MR) is 101 cm³/mol. The Labute approximate surface area is 159 Å². The summed E-state index contributed by atoms with van der Waals surface area (Å²) in [5.41, 5.74) is 8.50. The average Bonchev–Trinajstić information content (AvgIpc) is 3.18. The topological polar surface area (TPSA) is 57.3 Å². The van der Waals surface area contributed by atoms with Crippen molar-refractivity contribution in [2.75, 3.05) is 13.1 Å². The van der Waals surface area contributed by atoms with Crippen LogP contribution in [0.4, 0.5) is 4.39 Å². The molecule has 1 amide bonds. The minimum atomic E-state index is -0.216. The van der Waals surface area contributed by atoms with Crippen LogP contribution in [0.2, 0.25) is 0 Å². The highest BCUT2D eigenvalue weighted by atomic mass is 19.1. The van der Waals surface area contributed by atoms with Crippen LogP contribution in [-0.2, 0) is 11.2 Å². The van der Waals surface area contributed by atoms with Gasteiger partial charge in [-0.05, 0) is 48.6 Å². The lowest BCUT2D eigenvalue weighted by Gasteiger charge is -2.41. The molecule has 27 heavy (non-hydrogen) atoms. The Hall–Kier alpha value is -2.31. The van der Waals surface area contributed by atoms with E-state index >= 15 is 0 Å². The smallest absolute Gasteiger partial charge is 0.227 e. The number of nitrogens with zero attached hydrogens (tertiary/aromatic N) is 2. The molecule has 0 aliphatic carbocycles. The van der Waals surface area contributed by atoms with Gasteiger partial charge in [0.15, 0.2) is 0 Å². The van der Waals surface area contributed by atoms with Gasteiger partial charge in [-0.15, -0.1) is 0 Å². The summed E-state index contributed by atoms with van der Waals surface area (Å²) in [6.07, 6.45) is 6.94. The van der Waals surface area contributed by atoms with Gasteiger partial charge in [0.05, 0.1) is 6.42 Å². The number of halogens is 1. The van der Waals surface area contributed by atoms with E-state index in [4.69, 9.17) is 0 Å². The number of amides is 1. The molecule has 0 saturated carbocycles. The Bertz CT molecular complexity index is 785. The zero-order valence-corrected chi connectivity index (χ0v) is 15.3. The quantitative estimate of drug-likeness (QED) is 0.870. The highest BCUT2D eigenvalue weighted by Crippen LogP contribution is 2.31. The lowest BCUT2D eigenvalue weighted by atomic mass is 9.84. The maximum atomic E-state index is 13.7. The van der Waals surface area contributed by atoms with E-state index in [-0.39, 0.29) is 29.7 Å². The second-order valence-electron chi connectivity index (χ2n) is 7.40. The Kier molecular flexibility index (Phi) is 5.45. The number of hydrazine groups is 1. The minimum absolute atomic E-state index is 0.0740. The normalized spacial score (nSPS) is 25.5. The van der Waals surface area contributed by atoms with Crippen LogP contribution in [0.5, 0.6) is 0 Å². The summed E-state index contributed by atoms with van der Waals surface area (Å²) in [7, 11) is 0. The third-order valence-electron chi connectivity index (χ3n) is 5.66. The molecule has 6 heteroatoms. The van der Waals surface area contributed by atoms with E-state index in [9.17, 15) is 9.18 Å². The Morgan fingerprint density at radius 2 is 2.19 bits per heavy atom. The van der Waals surface area contributed by atoms with Crippen LogP contribution < -0.4 is 10.9 Å². The molecule has 1 aromatic heterocycles. The maximum Gasteiger partial charge on any atom is 0.227 e. The van der Waals surface area contributed by atoms with Gasteiger partial charge in [-0.2, -0.15) is 0 Å². The number of hydrogen-bond donors (Lipinski definition) is 2. The summed E-state index contributed by atoms with van der Waals surface area (Å²) in [6.45, 7) is 1.51. The van der Waals surface area contributed by atoms with Crippen LogP contribution in [0.3, 0.4) is 0 Å². The molecule has 2 aliphatic rings. The monoisotopic (exact) mass is 368 g/mol. The fourth-order valence-electron chi connectivity index (χ4n) is 4.36. The SMILES string of the molecule is O=C(Cc1cccnc1)N1CCCCC1C1NNCC1c1cccc(F)c1. The lowest BCUT2D eigenvalue weighted by molar-refractivity contribution is -0.135. The van der Waals surface area contributed by atoms with Gasteiger partial charge in [0.2, 0.25) is 5.91 Å². The second kappa shape index (κ2) is 8.15. The number of carbonyl (C=O) groups excluding carboxylic acids is 1. The van der Waals surface area contributed by atoms with Crippen LogP contribution in [0.25, 0.3) is 0 Å². The standard InChI is InChI=1S/C21H25FN4O/c22-17-7-3-6-16(12-17)18-14-24-25-21(18)19-8-1-2-10-26(19)20(27)11-15-5-4-9-23-13-15/h3-7,9,12-13,18-19,21,24-25H,1-2,8,10-11,14H2. The van der Waals surface area contributed by atoms with Crippen molar-refractivity contribution in [3.63, 3.8) is 0 Å². The molecule has 142 valence electrons. The predicted octanol–water partition coefficient (Wildman–Crippen LogP) is 2.40. The zero-order valence-electron chi connectivity index (χ0n) is 15.3. The lowest BCUT2D eigenvalue weighted by Crippen LogP contribution is -2.55. The molecule has 4 rings (SSSR count). The van der Waals surface area contributed by atoms with Gasteiger partial charge in [-0.3, -0.25) is 20.6 Å². The van der Waals surface area contributed by atoms with Crippen LogP contribution in [0, 0.1) is 5.82 Å². The number of pyridine rings is 1. The average molecular weight is 368 g/mol. The molecule has 5 nitrogen and oxygen atoms in total. The fraction of sp³-hybridized carbons (Fsp3) is 0.429. The zero-order chi connectivity index (χ0) is 18.6. The van der Waals surface area contributed by atoms with Crippen LogP contribution in [0.15, 0.2) is 48.8 Å². The van der Waals surface area contributed by atoms with Gasteiger partial charge >= 0.3 is 0 Å².